The van der Waals surface area contributed by atoms with E-state index in [1.165, 1.54) is 5.56 Å². The standard InChI is InChI=1S/C15H18N2O3/c1-11-4-5-13(8-12(11)2)9-15(19)20-10-14(18)17-7-3-6-16/h4-5,8H,3,7,9-10H2,1-2H3,(H,17,18). The number of hydrogen-bond donors (Lipinski definition) is 1. The van der Waals surface area contributed by atoms with Crippen LogP contribution >= 0.6 is 0 Å². The molecule has 5 nitrogen and oxygen atoms in total. The SMILES string of the molecule is Cc1ccc(CC(=O)OCC(=O)NCCC#N)cc1C. The van der Waals surface area contributed by atoms with Crippen LogP contribution in [0.25, 0.3) is 0 Å². The quantitative estimate of drug-likeness (QED) is 0.628. The minimum absolute atomic E-state index is 0.145. The van der Waals surface area contributed by atoms with E-state index in [1.54, 1.807) is 0 Å². The van der Waals surface area contributed by atoms with Gasteiger partial charge in [-0.15, -0.1) is 0 Å². The lowest BCUT2D eigenvalue weighted by Crippen LogP contribution is -2.29. The van der Waals surface area contributed by atoms with Gasteiger partial charge in [0.1, 0.15) is 0 Å². The molecule has 0 saturated carbocycles. The van der Waals surface area contributed by atoms with Gasteiger partial charge in [0.15, 0.2) is 6.61 Å². The first kappa shape index (κ1) is 15.7. The van der Waals surface area contributed by atoms with E-state index in [0.29, 0.717) is 0 Å². The summed E-state index contributed by atoms with van der Waals surface area (Å²) in [7, 11) is 0. The Labute approximate surface area is 118 Å². The molecule has 20 heavy (non-hydrogen) atoms. The van der Waals surface area contributed by atoms with Gasteiger partial charge in [0.25, 0.3) is 5.91 Å². The average Bonchev–Trinajstić information content (AvgIpc) is 2.41. The highest BCUT2D eigenvalue weighted by atomic mass is 16.5. The summed E-state index contributed by atoms with van der Waals surface area (Å²) < 4.78 is 4.87. The first-order valence-electron chi connectivity index (χ1n) is 6.38. The van der Waals surface area contributed by atoms with Crippen LogP contribution in [0.5, 0.6) is 0 Å². The molecule has 1 amide bonds. The molecule has 0 aromatic heterocycles. The van der Waals surface area contributed by atoms with Gasteiger partial charge in [-0.05, 0) is 30.5 Å². The number of ether oxygens (including phenoxy) is 1. The minimum Gasteiger partial charge on any atom is -0.455 e. The van der Waals surface area contributed by atoms with Crippen molar-refractivity contribution in [3.05, 3.63) is 34.9 Å². The van der Waals surface area contributed by atoms with Gasteiger partial charge < -0.3 is 10.1 Å². The number of nitrogens with one attached hydrogen (secondary N) is 1. The van der Waals surface area contributed by atoms with Gasteiger partial charge in [0.2, 0.25) is 0 Å². The number of esters is 1. The Bertz CT molecular complexity index is 532. The van der Waals surface area contributed by atoms with Gasteiger partial charge in [-0.1, -0.05) is 18.2 Å². The smallest absolute Gasteiger partial charge is 0.310 e. The Morgan fingerprint density at radius 3 is 2.70 bits per heavy atom. The lowest BCUT2D eigenvalue weighted by Gasteiger charge is -2.07. The fraction of sp³-hybridized carbons (Fsp3) is 0.400. The van der Waals surface area contributed by atoms with Gasteiger partial charge in [-0.2, -0.15) is 5.26 Å². The first-order valence-corrected chi connectivity index (χ1v) is 6.38. The summed E-state index contributed by atoms with van der Waals surface area (Å²) in [6.07, 6.45) is 0.384. The molecule has 0 heterocycles. The topological polar surface area (TPSA) is 79.2 Å². The van der Waals surface area contributed by atoms with Crippen LogP contribution in [0.3, 0.4) is 0 Å². The average molecular weight is 274 g/mol. The molecule has 1 aromatic carbocycles. The minimum atomic E-state index is -0.441. The molecular weight excluding hydrogens is 256 g/mol. The molecule has 0 spiro atoms. The summed E-state index contributed by atoms with van der Waals surface area (Å²) in [6.45, 7) is 3.94. The molecule has 0 bridgehead atoms. The highest BCUT2D eigenvalue weighted by Gasteiger charge is 2.08. The van der Waals surface area contributed by atoms with Crippen molar-refractivity contribution < 1.29 is 14.3 Å². The van der Waals surface area contributed by atoms with E-state index < -0.39 is 11.9 Å². The van der Waals surface area contributed by atoms with E-state index in [4.69, 9.17) is 10.00 Å². The van der Waals surface area contributed by atoms with Crippen molar-refractivity contribution in [2.45, 2.75) is 26.7 Å². The van der Waals surface area contributed by atoms with Crippen molar-refractivity contribution in [1.29, 1.82) is 5.26 Å². The zero-order valence-electron chi connectivity index (χ0n) is 11.7. The number of carbonyl (C=O) groups excluding carboxylic acids is 2. The van der Waals surface area contributed by atoms with E-state index in [-0.39, 0.29) is 26.0 Å². The molecule has 0 fully saturated rings. The van der Waals surface area contributed by atoms with Crippen LogP contribution in [0.1, 0.15) is 23.1 Å². The number of nitriles is 1. The summed E-state index contributed by atoms with van der Waals surface area (Å²) >= 11 is 0. The second kappa shape index (κ2) is 7.95. The fourth-order valence-corrected chi connectivity index (χ4v) is 1.59. The Kier molecular flexibility index (Phi) is 6.24. The molecule has 1 N–H and O–H groups in total. The van der Waals surface area contributed by atoms with Crippen LogP contribution in [0.2, 0.25) is 0 Å². The predicted molar refractivity (Wildman–Crippen MR) is 73.8 cm³/mol. The number of hydrogen-bond acceptors (Lipinski definition) is 4. The van der Waals surface area contributed by atoms with Crippen molar-refractivity contribution in [1.82, 2.24) is 5.32 Å². The van der Waals surface area contributed by atoms with Crippen molar-refractivity contribution in [3.8, 4) is 6.07 Å². The van der Waals surface area contributed by atoms with Crippen LogP contribution in [-0.2, 0) is 20.7 Å². The maximum Gasteiger partial charge on any atom is 0.310 e. The Hall–Kier alpha value is -2.35. The summed E-state index contributed by atoms with van der Waals surface area (Å²) in [5.41, 5.74) is 3.14. The molecule has 0 saturated heterocycles. The molecule has 0 radical (unpaired) electrons. The normalized spacial score (nSPS) is 9.65. The molecule has 0 aliphatic heterocycles. The zero-order valence-corrected chi connectivity index (χ0v) is 11.7. The largest absolute Gasteiger partial charge is 0.455 e. The molecule has 1 rings (SSSR count). The number of benzene rings is 1. The van der Waals surface area contributed by atoms with E-state index >= 15 is 0 Å². The maximum atomic E-state index is 11.6. The monoisotopic (exact) mass is 274 g/mol. The van der Waals surface area contributed by atoms with Crippen LogP contribution in [0, 0.1) is 25.2 Å². The molecule has 5 heteroatoms. The van der Waals surface area contributed by atoms with Gasteiger partial charge in [-0.3, -0.25) is 9.59 Å². The third kappa shape index (κ3) is 5.53. The summed E-state index contributed by atoms with van der Waals surface area (Å²) in [6, 6.07) is 7.66. The molecule has 0 aliphatic carbocycles. The highest BCUT2D eigenvalue weighted by molar-refractivity contribution is 5.81. The van der Waals surface area contributed by atoms with Crippen LogP contribution in [-0.4, -0.2) is 25.0 Å². The lowest BCUT2D eigenvalue weighted by atomic mass is 10.0. The van der Waals surface area contributed by atoms with E-state index in [1.807, 2.05) is 38.1 Å². The zero-order chi connectivity index (χ0) is 15.0. The van der Waals surface area contributed by atoms with Gasteiger partial charge in [0, 0.05) is 6.54 Å². The van der Waals surface area contributed by atoms with Crippen molar-refractivity contribution in [2.24, 2.45) is 0 Å². The van der Waals surface area contributed by atoms with Crippen LogP contribution < -0.4 is 5.32 Å². The molecule has 0 atom stereocenters. The molecule has 1 aromatic rings. The fourth-order valence-electron chi connectivity index (χ4n) is 1.59. The third-order valence-corrected chi connectivity index (χ3v) is 2.84. The molecule has 0 aliphatic rings. The van der Waals surface area contributed by atoms with E-state index in [9.17, 15) is 9.59 Å². The van der Waals surface area contributed by atoms with Crippen LogP contribution in [0.4, 0.5) is 0 Å². The second-order valence-electron chi connectivity index (χ2n) is 4.51. The molecular formula is C15H18N2O3. The Morgan fingerprint density at radius 1 is 1.30 bits per heavy atom. The van der Waals surface area contributed by atoms with Crippen molar-refractivity contribution in [3.63, 3.8) is 0 Å². The lowest BCUT2D eigenvalue weighted by molar-refractivity contribution is -0.147. The number of carbonyl (C=O) groups is 2. The Balaban J connectivity index is 2.35. The Morgan fingerprint density at radius 2 is 2.05 bits per heavy atom. The predicted octanol–water partition coefficient (Wildman–Crippen LogP) is 1.42. The number of amides is 1. The highest BCUT2D eigenvalue weighted by Crippen LogP contribution is 2.10. The van der Waals surface area contributed by atoms with E-state index in [2.05, 4.69) is 5.32 Å². The van der Waals surface area contributed by atoms with Gasteiger partial charge in [-0.25, -0.2) is 0 Å². The van der Waals surface area contributed by atoms with Crippen LogP contribution in [0.15, 0.2) is 18.2 Å². The second-order valence-corrected chi connectivity index (χ2v) is 4.51. The maximum absolute atomic E-state index is 11.6. The number of nitrogens with zero attached hydrogens (tertiary/aromatic N) is 1. The van der Waals surface area contributed by atoms with Gasteiger partial charge >= 0.3 is 5.97 Å². The van der Waals surface area contributed by atoms with E-state index in [0.717, 1.165) is 11.1 Å². The number of rotatable bonds is 6. The summed E-state index contributed by atoms with van der Waals surface area (Å²) in [5, 5.41) is 10.8. The van der Waals surface area contributed by atoms with Crippen molar-refractivity contribution in [2.75, 3.05) is 13.2 Å². The summed E-state index contributed by atoms with van der Waals surface area (Å²) in [4.78, 5) is 22.9. The molecule has 106 valence electrons. The number of aryl methyl sites for hydroxylation is 2. The van der Waals surface area contributed by atoms with Crippen molar-refractivity contribution >= 4 is 11.9 Å². The first-order chi connectivity index (χ1) is 9.52. The summed E-state index contributed by atoms with van der Waals surface area (Å²) in [5.74, 6) is -0.836. The van der Waals surface area contributed by atoms with Gasteiger partial charge in [0.05, 0.1) is 18.9 Å². The third-order valence-electron chi connectivity index (χ3n) is 2.84. The molecule has 0 unspecified atom stereocenters.